The summed E-state index contributed by atoms with van der Waals surface area (Å²) in [6.07, 6.45) is 10.2. The highest BCUT2D eigenvalue weighted by Crippen LogP contribution is 2.29. The summed E-state index contributed by atoms with van der Waals surface area (Å²) >= 11 is 0. The number of amides is 9. The minimum atomic E-state index is -1.04. The average molecular weight is 1080 g/mol. The van der Waals surface area contributed by atoms with Crippen molar-refractivity contribution in [2.45, 2.75) is 104 Å². The Balaban J connectivity index is 0.952. The fraction of sp³-hybridized carbons (Fsp3) is 0.362. The van der Waals surface area contributed by atoms with Crippen LogP contribution in [0.5, 0.6) is 0 Å². The van der Waals surface area contributed by atoms with Crippen LogP contribution in [0.1, 0.15) is 105 Å². The highest BCUT2D eigenvalue weighted by atomic mass is 16.5. The second-order valence-electron chi connectivity index (χ2n) is 19.5. The van der Waals surface area contributed by atoms with Gasteiger partial charge in [-0.3, -0.25) is 48.2 Å². The zero-order chi connectivity index (χ0) is 56.8. The molecular formula is C58H69N11O10. The van der Waals surface area contributed by atoms with Crippen LogP contribution in [-0.4, -0.2) is 112 Å². The Labute approximate surface area is 459 Å². The number of pyridine rings is 1. The number of amidine groups is 1. The third-order valence-corrected chi connectivity index (χ3v) is 12.7. The number of nitrogens with one attached hydrogen (secondary N) is 6. The van der Waals surface area contributed by atoms with E-state index in [1.165, 1.54) is 24.5 Å². The number of unbranched alkanes of at least 4 members (excludes halogenated alkanes) is 2. The van der Waals surface area contributed by atoms with Crippen molar-refractivity contribution in [1.29, 1.82) is 0 Å². The van der Waals surface area contributed by atoms with Gasteiger partial charge in [-0.1, -0.05) is 82.6 Å². The lowest BCUT2D eigenvalue weighted by Crippen LogP contribution is -2.51. The van der Waals surface area contributed by atoms with Gasteiger partial charge < -0.3 is 47.3 Å². The van der Waals surface area contributed by atoms with Crippen molar-refractivity contribution in [2.75, 3.05) is 36.8 Å². The van der Waals surface area contributed by atoms with Crippen molar-refractivity contribution in [3.8, 4) is 0 Å². The fourth-order valence-corrected chi connectivity index (χ4v) is 8.62. The summed E-state index contributed by atoms with van der Waals surface area (Å²) in [7, 11) is 0. The Hall–Kier alpha value is -9.01. The molecule has 9 amide bonds. The maximum atomic E-state index is 13.7. The number of aliphatic imine (C=N–C) groups is 1. The Morgan fingerprint density at radius 2 is 1.47 bits per heavy atom. The molecule has 6 rings (SSSR count). The van der Waals surface area contributed by atoms with Gasteiger partial charge in [-0.2, -0.15) is 0 Å². The quantitative estimate of drug-likeness (QED) is 0.0284. The maximum Gasteiger partial charge on any atom is 0.408 e. The summed E-state index contributed by atoms with van der Waals surface area (Å²) in [4.78, 5) is 127. The number of aromatic nitrogens is 1. The molecule has 2 aliphatic heterocycles. The summed E-state index contributed by atoms with van der Waals surface area (Å²) in [5.41, 5.74) is 10.9. The molecule has 1 aromatic heterocycles. The third-order valence-electron chi connectivity index (χ3n) is 12.7. The molecule has 0 saturated carbocycles. The molecule has 8 N–H and O–H groups in total. The zero-order valence-corrected chi connectivity index (χ0v) is 45.0. The number of carbonyl (C=O) groups excluding carboxylic acids is 9. The second-order valence-corrected chi connectivity index (χ2v) is 19.5. The summed E-state index contributed by atoms with van der Waals surface area (Å²) in [5, 5.41) is 16.4. The molecule has 0 aliphatic carbocycles. The van der Waals surface area contributed by atoms with Crippen LogP contribution in [0.15, 0.2) is 114 Å². The highest BCUT2D eigenvalue weighted by Gasteiger charge is 2.27. The first-order valence-electron chi connectivity index (χ1n) is 26.5. The minimum Gasteiger partial charge on any atom is -0.445 e. The first kappa shape index (κ1) is 59.2. The number of alkyl carbamates (subject to hydrolysis) is 1. The standard InChI is InChI=1S/C58H69N11O10/c1-5-24-68(25-6-2)57(77)43-29-41-18-19-42(30-46(41)65-48(59)31-43)54(74)64-45-27-40(32-60-34-45)33-61-55(75)47(28-38-13-9-7-10-14-38)66-58(78)79-36-39-16-20-44(21-17-39)63-50(71)35-62-56(76)53(37(3)4)67-49(70)15-11-8-12-26-69-51(72)22-23-52(69)73/h7,9-10,13-14,16-23,27,29-30,32,34,37,47,53H,5-6,8,11-12,15,24-26,28,31,33,35-36H2,1-4H3,(H2,59,65)(H,61,75)(H,62,76)(H,63,71)(H,64,74)(H,66,78)(H,67,70)/t47-,53?/m0/s1. The molecule has 416 valence electrons. The van der Waals surface area contributed by atoms with Crippen molar-refractivity contribution >= 4 is 82.3 Å². The first-order valence-corrected chi connectivity index (χ1v) is 26.5. The predicted molar refractivity (Wildman–Crippen MR) is 298 cm³/mol. The third kappa shape index (κ3) is 18.3. The van der Waals surface area contributed by atoms with Crippen LogP contribution in [0.4, 0.5) is 21.9 Å². The zero-order valence-electron chi connectivity index (χ0n) is 45.0. The smallest absolute Gasteiger partial charge is 0.408 e. The number of nitrogens with two attached hydrogens (primary N) is 1. The van der Waals surface area contributed by atoms with E-state index < -0.39 is 41.8 Å². The van der Waals surface area contributed by atoms with E-state index in [1.807, 2.05) is 49.1 Å². The molecule has 1 unspecified atom stereocenters. The van der Waals surface area contributed by atoms with Crippen molar-refractivity contribution in [2.24, 2.45) is 16.6 Å². The lowest BCUT2D eigenvalue weighted by Gasteiger charge is -2.22. The Morgan fingerprint density at radius 3 is 2.16 bits per heavy atom. The second kappa shape index (κ2) is 29.5. The van der Waals surface area contributed by atoms with E-state index >= 15 is 0 Å². The van der Waals surface area contributed by atoms with Gasteiger partial charge in [-0.25, -0.2) is 9.79 Å². The molecule has 2 atom stereocenters. The number of ether oxygens (including phenoxy) is 1. The molecule has 4 aromatic rings. The van der Waals surface area contributed by atoms with Crippen LogP contribution < -0.4 is 37.6 Å². The van der Waals surface area contributed by atoms with Crippen LogP contribution >= 0.6 is 0 Å². The van der Waals surface area contributed by atoms with Crippen molar-refractivity contribution in [1.82, 2.24) is 36.1 Å². The molecule has 0 fully saturated rings. The number of nitrogens with zero attached hydrogens (tertiary/aromatic N) is 4. The van der Waals surface area contributed by atoms with Crippen LogP contribution in [0.3, 0.4) is 0 Å². The van der Waals surface area contributed by atoms with Crippen LogP contribution in [0.2, 0.25) is 0 Å². The number of fused-ring (bicyclic) bond motifs is 1. The Bertz CT molecular complexity index is 2930. The number of imide groups is 1. The van der Waals surface area contributed by atoms with E-state index in [1.54, 1.807) is 68.5 Å². The highest BCUT2D eigenvalue weighted by molar-refractivity contribution is 6.13. The van der Waals surface area contributed by atoms with Gasteiger partial charge in [0, 0.05) is 86.2 Å². The molecule has 0 radical (unpaired) electrons. The molecule has 0 spiro atoms. The summed E-state index contributed by atoms with van der Waals surface area (Å²) < 4.78 is 5.49. The van der Waals surface area contributed by atoms with Crippen LogP contribution in [0.25, 0.3) is 6.08 Å². The molecule has 2 aliphatic rings. The van der Waals surface area contributed by atoms with E-state index in [0.29, 0.717) is 77.2 Å². The number of hydrogen-bond acceptors (Lipinski definition) is 13. The van der Waals surface area contributed by atoms with Crippen molar-refractivity contribution in [3.63, 3.8) is 0 Å². The number of benzene rings is 3. The monoisotopic (exact) mass is 1080 g/mol. The molecule has 3 heterocycles. The lowest BCUT2D eigenvalue weighted by atomic mass is 10.0. The average Bonchev–Trinajstić information content (AvgIpc) is 3.70. The fourth-order valence-electron chi connectivity index (χ4n) is 8.62. The summed E-state index contributed by atoms with van der Waals surface area (Å²) in [6.45, 7) is 8.61. The van der Waals surface area contributed by atoms with Gasteiger partial charge in [0.2, 0.25) is 29.5 Å². The summed E-state index contributed by atoms with van der Waals surface area (Å²) in [5.74, 6) is -3.12. The van der Waals surface area contributed by atoms with Gasteiger partial charge in [0.25, 0.3) is 17.7 Å². The Morgan fingerprint density at radius 1 is 0.747 bits per heavy atom. The Kier molecular flexibility index (Phi) is 22.1. The number of carbonyl (C=O) groups is 9. The first-order chi connectivity index (χ1) is 38.0. The number of hydrogen-bond donors (Lipinski definition) is 7. The topological polar surface area (TPSA) is 293 Å². The SMILES string of the molecule is CCCN(CCC)C(=O)C1=Cc2ccc(C(=O)Nc3cncc(CNC(=O)[C@H](Cc4ccccc4)NC(=O)OCc4ccc(NC(=O)CNC(=O)C(NC(=O)CCCCCN5C(=O)C=CC5=O)C(C)C)cc4)c3)cc2N=C(N)C1. The largest absolute Gasteiger partial charge is 0.445 e. The van der Waals surface area contributed by atoms with E-state index in [-0.39, 0.29) is 80.9 Å². The normalized spacial score (nSPS) is 13.5. The maximum absolute atomic E-state index is 13.7. The molecule has 21 heteroatoms. The van der Waals surface area contributed by atoms with E-state index in [9.17, 15) is 43.2 Å². The molecule has 0 saturated heterocycles. The van der Waals surface area contributed by atoms with Gasteiger partial charge >= 0.3 is 6.09 Å². The van der Waals surface area contributed by atoms with Gasteiger partial charge in [0.05, 0.1) is 24.1 Å². The van der Waals surface area contributed by atoms with Gasteiger partial charge in [0.15, 0.2) is 0 Å². The van der Waals surface area contributed by atoms with Gasteiger partial charge in [-0.15, -0.1) is 0 Å². The molecule has 21 nitrogen and oxygen atoms in total. The van der Waals surface area contributed by atoms with Crippen LogP contribution in [-0.2, 0) is 57.9 Å². The van der Waals surface area contributed by atoms with Crippen molar-refractivity contribution in [3.05, 3.63) is 137 Å². The van der Waals surface area contributed by atoms with E-state index in [2.05, 4.69) is 41.9 Å². The predicted octanol–water partition coefficient (Wildman–Crippen LogP) is 5.59. The van der Waals surface area contributed by atoms with Gasteiger partial charge in [-0.05, 0) is 84.7 Å². The van der Waals surface area contributed by atoms with Gasteiger partial charge in [0.1, 0.15) is 24.5 Å². The van der Waals surface area contributed by atoms with Crippen LogP contribution in [0, 0.1) is 5.92 Å². The molecule has 0 bridgehead atoms. The van der Waals surface area contributed by atoms with E-state index in [4.69, 9.17) is 10.5 Å². The molecule has 79 heavy (non-hydrogen) atoms. The van der Waals surface area contributed by atoms with Crippen molar-refractivity contribution < 1.29 is 47.9 Å². The molecule has 3 aromatic carbocycles. The number of anilines is 2. The lowest BCUT2D eigenvalue weighted by molar-refractivity contribution is -0.137. The number of rotatable bonds is 27. The summed E-state index contributed by atoms with van der Waals surface area (Å²) in [6, 6.07) is 20.3. The van der Waals surface area contributed by atoms with E-state index in [0.717, 1.165) is 23.3 Å². The minimum absolute atomic E-state index is 0.00896. The molecular weight excluding hydrogens is 1010 g/mol.